The normalized spacial score (nSPS) is 9.88. The zero-order valence-electron chi connectivity index (χ0n) is 8.67. The number of ether oxygens (including phenoxy) is 1. The topological polar surface area (TPSA) is 29.5 Å². The van der Waals surface area contributed by atoms with Crippen LogP contribution < -0.4 is 4.74 Å². The van der Waals surface area contributed by atoms with Crippen LogP contribution >= 0.6 is 23.2 Å². The van der Waals surface area contributed by atoms with Crippen molar-refractivity contribution in [3.63, 3.8) is 0 Å². The first-order valence-electron chi connectivity index (χ1n) is 4.84. The Morgan fingerprint density at radius 2 is 2.12 bits per heavy atom. The molecule has 4 heteroatoms. The number of aliphatic hydroxyl groups excluding tert-OH is 1. The summed E-state index contributed by atoms with van der Waals surface area (Å²) in [6.45, 7) is 0.309. The smallest absolute Gasteiger partial charge is 0.143 e. The molecule has 1 aromatic rings. The van der Waals surface area contributed by atoms with Crippen molar-refractivity contribution < 1.29 is 9.84 Å². The van der Waals surface area contributed by atoms with Crippen molar-refractivity contribution in [3.8, 4) is 18.1 Å². The number of rotatable bonds is 5. The summed E-state index contributed by atoms with van der Waals surface area (Å²) in [6, 6.07) is 3.21. The van der Waals surface area contributed by atoms with Crippen LogP contribution in [0.2, 0.25) is 10.0 Å². The Morgan fingerprint density at radius 3 is 2.75 bits per heavy atom. The van der Waals surface area contributed by atoms with E-state index in [9.17, 15) is 0 Å². The zero-order valence-corrected chi connectivity index (χ0v) is 10.2. The van der Waals surface area contributed by atoms with Gasteiger partial charge < -0.3 is 9.84 Å². The maximum atomic E-state index is 9.14. The first kappa shape index (κ1) is 13.2. The van der Waals surface area contributed by atoms with E-state index in [1.54, 1.807) is 12.1 Å². The van der Waals surface area contributed by atoms with Crippen molar-refractivity contribution in [1.82, 2.24) is 0 Å². The highest BCUT2D eigenvalue weighted by Gasteiger charge is 2.09. The largest absolute Gasteiger partial charge is 0.492 e. The van der Waals surface area contributed by atoms with E-state index in [1.165, 1.54) is 0 Å². The van der Waals surface area contributed by atoms with Crippen molar-refractivity contribution >= 4 is 23.2 Å². The monoisotopic (exact) mass is 258 g/mol. The first-order valence-corrected chi connectivity index (χ1v) is 5.59. The van der Waals surface area contributed by atoms with Crippen LogP contribution in [0.5, 0.6) is 5.75 Å². The van der Waals surface area contributed by atoms with Crippen molar-refractivity contribution in [2.75, 3.05) is 6.61 Å². The van der Waals surface area contributed by atoms with Gasteiger partial charge in [-0.25, -0.2) is 0 Å². The first-order chi connectivity index (χ1) is 7.69. The summed E-state index contributed by atoms with van der Waals surface area (Å²) in [4.78, 5) is 0. The average Bonchev–Trinajstić information content (AvgIpc) is 2.26. The van der Waals surface area contributed by atoms with Crippen LogP contribution in [0, 0.1) is 12.3 Å². The second-order valence-corrected chi connectivity index (χ2v) is 4.03. The van der Waals surface area contributed by atoms with E-state index < -0.39 is 0 Å². The third kappa shape index (κ3) is 3.61. The van der Waals surface area contributed by atoms with Gasteiger partial charge in [0.1, 0.15) is 5.75 Å². The molecule has 0 aliphatic rings. The van der Waals surface area contributed by atoms with Gasteiger partial charge in [0.25, 0.3) is 0 Å². The summed E-state index contributed by atoms with van der Waals surface area (Å²) < 4.78 is 5.47. The van der Waals surface area contributed by atoms with E-state index >= 15 is 0 Å². The van der Waals surface area contributed by atoms with Gasteiger partial charge in [-0.15, -0.1) is 12.3 Å². The Hall–Kier alpha value is -0.880. The standard InChI is InChI=1S/C12H12Cl2O2/c1-2-3-4-5-16-12-9(8-15)6-10(13)7-11(12)14/h1,6-7,15H,3-5,8H2. The predicted molar refractivity (Wildman–Crippen MR) is 65.9 cm³/mol. The van der Waals surface area contributed by atoms with Gasteiger partial charge in [-0.2, -0.15) is 0 Å². The Balaban J connectivity index is 2.74. The molecule has 0 aromatic heterocycles. The maximum Gasteiger partial charge on any atom is 0.143 e. The lowest BCUT2D eigenvalue weighted by Gasteiger charge is -2.11. The van der Waals surface area contributed by atoms with Crippen molar-refractivity contribution in [2.45, 2.75) is 19.4 Å². The SMILES string of the molecule is C#CCCCOc1c(Cl)cc(Cl)cc1CO. The fraction of sp³-hybridized carbons (Fsp3) is 0.333. The Morgan fingerprint density at radius 1 is 1.38 bits per heavy atom. The lowest BCUT2D eigenvalue weighted by atomic mass is 10.2. The van der Waals surface area contributed by atoms with Crippen LogP contribution in [0.25, 0.3) is 0 Å². The minimum atomic E-state index is -0.162. The van der Waals surface area contributed by atoms with E-state index in [0.29, 0.717) is 34.4 Å². The minimum Gasteiger partial charge on any atom is -0.492 e. The summed E-state index contributed by atoms with van der Waals surface area (Å²) in [5.74, 6) is 3.00. The van der Waals surface area contributed by atoms with Crippen molar-refractivity contribution in [2.24, 2.45) is 0 Å². The number of unbranched alkanes of at least 4 members (excludes halogenated alkanes) is 1. The number of benzene rings is 1. The molecule has 0 spiro atoms. The van der Waals surface area contributed by atoms with Crippen LogP contribution in [0.3, 0.4) is 0 Å². The number of hydrogen-bond donors (Lipinski definition) is 1. The molecule has 0 aliphatic carbocycles. The molecule has 1 aromatic carbocycles. The third-order valence-electron chi connectivity index (χ3n) is 1.97. The van der Waals surface area contributed by atoms with Crippen LogP contribution in [-0.4, -0.2) is 11.7 Å². The van der Waals surface area contributed by atoms with E-state index in [0.717, 1.165) is 6.42 Å². The molecule has 0 unspecified atom stereocenters. The molecule has 0 fully saturated rings. The molecule has 0 saturated carbocycles. The summed E-state index contributed by atoms with van der Waals surface area (Å²) in [7, 11) is 0. The minimum absolute atomic E-state index is 0.162. The molecule has 0 heterocycles. The fourth-order valence-electron chi connectivity index (χ4n) is 1.24. The lowest BCUT2D eigenvalue weighted by molar-refractivity contribution is 0.262. The van der Waals surface area contributed by atoms with Crippen LogP contribution in [0.1, 0.15) is 18.4 Å². The molecular weight excluding hydrogens is 247 g/mol. The molecule has 0 radical (unpaired) electrons. The van der Waals surface area contributed by atoms with E-state index in [-0.39, 0.29) is 6.61 Å². The highest BCUT2D eigenvalue weighted by atomic mass is 35.5. The van der Waals surface area contributed by atoms with Crippen LogP contribution in [0.4, 0.5) is 0 Å². The molecule has 16 heavy (non-hydrogen) atoms. The van der Waals surface area contributed by atoms with Gasteiger partial charge in [0.15, 0.2) is 0 Å². The summed E-state index contributed by atoms with van der Waals surface area (Å²) >= 11 is 11.8. The van der Waals surface area contributed by atoms with E-state index in [1.807, 2.05) is 0 Å². The average molecular weight is 259 g/mol. The number of aliphatic hydroxyl groups is 1. The lowest BCUT2D eigenvalue weighted by Crippen LogP contribution is -2.01. The molecule has 1 rings (SSSR count). The Labute approximate surface area is 105 Å². The fourth-order valence-corrected chi connectivity index (χ4v) is 1.83. The quantitative estimate of drug-likeness (QED) is 0.649. The number of hydrogen-bond acceptors (Lipinski definition) is 2. The number of terminal acetylenes is 1. The molecule has 86 valence electrons. The molecule has 0 amide bonds. The molecule has 2 nitrogen and oxygen atoms in total. The van der Waals surface area contributed by atoms with Gasteiger partial charge >= 0.3 is 0 Å². The van der Waals surface area contributed by atoms with Crippen LogP contribution in [-0.2, 0) is 6.61 Å². The van der Waals surface area contributed by atoms with Crippen molar-refractivity contribution in [1.29, 1.82) is 0 Å². The van der Waals surface area contributed by atoms with Gasteiger partial charge in [0, 0.05) is 17.0 Å². The highest BCUT2D eigenvalue weighted by Crippen LogP contribution is 2.32. The summed E-state index contributed by atoms with van der Waals surface area (Å²) in [6.07, 6.45) is 6.53. The zero-order chi connectivity index (χ0) is 12.0. The molecule has 0 aliphatic heterocycles. The molecule has 0 atom stereocenters. The second kappa shape index (κ2) is 6.65. The molecular formula is C12H12Cl2O2. The van der Waals surface area contributed by atoms with Gasteiger partial charge in [-0.3, -0.25) is 0 Å². The molecule has 1 N–H and O–H groups in total. The van der Waals surface area contributed by atoms with Gasteiger partial charge in [0.05, 0.1) is 18.2 Å². The number of halogens is 2. The Kier molecular flexibility index (Phi) is 5.48. The van der Waals surface area contributed by atoms with Crippen molar-refractivity contribution in [3.05, 3.63) is 27.7 Å². The van der Waals surface area contributed by atoms with E-state index in [2.05, 4.69) is 5.92 Å². The molecule has 0 bridgehead atoms. The third-order valence-corrected chi connectivity index (χ3v) is 2.47. The van der Waals surface area contributed by atoms with Gasteiger partial charge in [0.2, 0.25) is 0 Å². The maximum absolute atomic E-state index is 9.14. The highest BCUT2D eigenvalue weighted by molar-refractivity contribution is 6.35. The van der Waals surface area contributed by atoms with Crippen LogP contribution in [0.15, 0.2) is 12.1 Å². The second-order valence-electron chi connectivity index (χ2n) is 3.19. The summed E-state index contributed by atoms with van der Waals surface area (Å²) in [5.41, 5.74) is 0.582. The predicted octanol–water partition coefficient (Wildman–Crippen LogP) is 3.28. The van der Waals surface area contributed by atoms with Gasteiger partial charge in [-0.05, 0) is 18.6 Å². The molecule has 0 saturated heterocycles. The summed E-state index contributed by atoms with van der Waals surface area (Å²) in [5, 5.41) is 10.0. The van der Waals surface area contributed by atoms with Gasteiger partial charge in [-0.1, -0.05) is 23.2 Å². The van der Waals surface area contributed by atoms with E-state index in [4.69, 9.17) is 39.5 Å². The Bertz CT molecular complexity index is 397.